The van der Waals surface area contributed by atoms with Crippen molar-refractivity contribution in [3.63, 3.8) is 0 Å². The Labute approximate surface area is 146 Å². The summed E-state index contributed by atoms with van der Waals surface area (Å²) >= 11 is 1.24. The Morgan fingerprint density at radius 1 is 1.38 bits per heavy atom. The maximum Gasteiger partial charge on any atom is 0.276 e. The quantitative estimate of drug-likeness (QED) is 0.805. The molecule has 0 fully saturated rings. The van der Waals surface area contributed by atoms with Crippen LogP contribution >= 0.6 is 11.3 Å². The topological polar surface area (TPSA) is 79.8 Å². The first kappa shape index (κ1) is 18.4. The van der Waals surface area contributed by atoms with Gasteiger partial charge in [-0.25, -0.2) is 4.98 Å². The van der Waals surface area contributed by atoms with Gasteiger partial charge in [0.2, 0.25) is 5.13 Å². The molecule has 2 N–H and O–H groups in total. The van der Waals surface area contributed by atoms with E-state index in [1.165, 1.54) is 16.0 Å². The summed E-state index contributed by atoms with van der Waals surface area (Å²) in [5.74, 6) is 0.414. The summed E-state index contributed by atoms with van der Waals surface area (Å²) in [5.41, 5.74) is 2.24. The number of amides is 1. The van der Waals surface area contributed by atoms with Crippen molar-refractivity contribution in [1.29, 1.82) is 0 Å². The minimum absolute atomic E-state index is 0.0672. The normalized spacial score (nSPS) is 11.2. The zero-order valence-electron chi connectivity index (χ0n) is 15.0. The molecule has 24 heavy (non-hydrogen) atoms. The molecule has 0 saturated heterocycles. The number of H-pyrrole nitrogens is 1. The van der Waals surface area contributed by atoms with Crippen molar-refractivity contribution in [3.8, 4) is 5.13 Å². The summed E-state index contributed by atoms with van der Waals surface area (Å²) in [6, 6.07) is 0. The highest BCUT2D eigenvalue weighted by molar-refractivity contribution is 7.16. The number of nitrogens with one attached hydrogen (secondary N) is 2. The molecule has 0 atom stereocenters. The van der Waals surface area contributed by atoms with Gasteiger partial charge < -0.3 is 5.32 Å². The first-order valence-corrected chi connectivity index (χ1v) is 9.23. The molecule has 0 bridgehead atoms. The fourth-order valence-corrected chi connectivity index (χ4v) is 3.39. The van der Waals surface area contributed by atoms with E-state index in [1.807, 2.05) is 13.8 Å². The minimum Gasteiger partial charge on any atom is -0.351 e. The van der Waals surface area contributed by atoms with E-state index in [4.69, 9.17) is 0 Å². The Balaban J connectivity index is 2.31. The molecule has 7 heteroatoms. The monoisotopic (exact) mass is 350 g/mol. The third-order valence-corrected chi connectivity index (χ3v) is 5.02. The number of aromatic nitrogens is 3. The predicted octanol–water partition coefficient (Wildman–Crippen LogP) is 2.97. The molecule has 2 aromatic rings. The number of rotatable bonds is 7. The first-order valence-electron chi connectivity index (χ1n) is 8.41. The Morgan fingerprint density at radius 3 is 2.71 bits per heavy atom. The average Bonchev–Trinajstić information content (AvgIpc) is 3.03. The zero-order chi connectivity index (χ0) is 17.9. The average molecular weight is 350 g/mol. The van der Waals surface area contributed by atoms with E-state index in [0.29, 0.717) is 28.2 Å². The molecule has 0 saturated carbocycles. The van der Waals surface area contributed by atoms with Gasteiger partial charge in [-0.1, -0.05) is 32.1 Å². The van der Waals surface area contributed by atoms with Crippen molar-refractivity contribution < 1.29 is 4.79 Å². The Morgan fingerprint density at radius 2 is 2.08 bits per heavy atom. The van der Waals surface area contributed by atoms with Crippen molar-refractivity contribution in [2.24, 2.45) is 5.92 Å². The summed E-state index contributed by atoms with van der Waals surface area (Å²) in [7, 11) is 0. The molecule has 0 unspecified atom stereocenters. The van der Waals surface area contributed by atoms with Crippen LogP contribution in [0, 0.1) is 19.8 Å². The van der Waals surface area contributed by atoms with Crippen molar-refractivity contribution in [2.45, 2.75) is 53.9 Å². The molecule has 132 valence electrons. The number of hydrogen-bond acceptors (Lipinski definition) is 4. The number of aryl methyl sites for hydroxylation is 2. The molecule has 2 heterocycles. The molecule has 0 aromatic carbocycles. The van der Waals surface area contributed by atoms with Gasteiger partial charge in [-0.2, -0.15) is 4.68 Å². The lowest BCUT2D eigenvalue weighted by atomic mass is 10.0. The van der Waals surface area contributed by atoms with Crippen LogP contribution in [0.15, 0.2) is 4.79 Å². The summed E-state index contributed by atoms with van der Waals surface area (Å²) < 4.78 is 1.46. The van der Waals surface area contributed by atoms with Crippen LogP contribution in [0.5, 0.6) is 0 Å². The summed E-state index contributed by atoms with van der Waals surface area (Å²) in [6.07, 6.45) is 2.60. The number of thiazole rings is 1. The second kappa shape index (κ2) is 7.79. The number of aromatic amines is 1. The highest BCUT2D eigenvalue weighted by Crippen LogP contribution is 2.21. The van der Waals surface area contributed by atoms with E-state index >= 15 is 0 Å². The highest BCUT2D eigenvalue weighted by atomic mass is 32.1. The van der Waals surface area contributed by atoms with E-state index in [0.717, 1.165) is 30.5 Å². The van der Waals surface area contributed by atoms with Crippen LogP contribution in [0.25, 0.3) is 5.13 Å². The zero-order valence-corrected chi connectivity index (χ0v) is 15.8. The van der Waals surface area contributed by atoms with Gasteiger partial charge in [-0.15, -0.1) is 0 Å². The number of carbonyl (C=O) groups is 1. The van der Waals surface area contributed by atoms with Crippen LogP contribution in [0.2, 0.25) is 0 Å². The lowest BCUT2D eigenvalue weighted by Crippen LogP contribution is -2.23. The molecule has 2 rings (SSSR count). The van der Waals surface area contributed by atoms with Gasteiger partial charge >= 0.3 is 0 Å². The summed E-state index contributed by atoms with van der Waals surface area (Å²) in [5, 5.41) is 6.46. The molecule has 0 aliphatic heterocycles. The van der Waals surface area contributed by atoms with Crippen LogP contribution < -0.4 is 10.9 Å². The molecule has 0 radical (unpaired) electrons. The lowest BCUT2D eigenvalue weighted by molar-refractivity contribution is 0.0957. The van der Waals surface area contributed by atoms with E-state index < -0.39 is 0 Å². The smallest absolute Gasteiger partial charge is 0.276 e. The molecular weight excluding hydrogens is 324 g/mol. The van der Waals surface area contributed by atoms with Gasteiger partial charge in [0.25, 0.3) is 11.5 Å². The van der Waals surface area contributed by atoms with E-state index in [2.05, 4.69) is 29.2 Å². The summed E-state index contributed by atoms with van der Waals surface area (Å²) in [4.78, 5) is 29.8. The van der Waals surface area contributed by atoms with Crippen molar-refractivity contribution >= 4 is 17.2 Å². The third-order valence-electron chi connectivity index (χ3n) is 3.88. The Bertz CT molecular complexity index is 770. The first-order chi connectivity index (χ1) is 11.3. The minimum atomic E-state index is -0.130. The standard InChI is InChI=1S/C17H26N4O2S/c1-6-9-18-15(22)14-12(5)19-17(24-14)21-16(23)13(11(4)20-21)8-7-10(2)3/h10,20H,6-9H2,1-5H3,(H,18,22). The van der Waals surface area contributed by atoms with Crippen LogP contribution in [-0.2, 0) is 6.42 Å². The lowest BCUT2D eigenvalue weighted by Gasteiger charge is -2.01. The highest BCUT2D eigenvalue weighted by Gasteiger charge is 2.19. The van der Waals surface area contributed by atoms with Gasteiger partial charge in [-0.05, 0) is 39.0 Å². The molecule has 0 aliphatic rings. The molecular formula is C17H26N4O2S. The maximum atomic E-state index is 12.7. The fraction of sp³-hybridized carbons (Fsp3) is 0.588. The van der Waals surface area contributed by atoms with Crippen LogP contribution in [0.1, 0.15) is 60.2 Å². The van der Waals surface area contributed by atoms with Gasteiger partial charge in [-0.3, -0.25) is 14.7 Å². The Hall–Kier alpha value is -1.89. The second-order valence-corrected chi connectivity index (χ2v) is 7.43. The number of nitrogens with zero attached hydrogens (tertiary/aromatic N) is 2. The number of hydrogen-bond donors (Lipinski definition) is 2. The van der Waals surface area contributed by atoms with E-state index in [9.17, 15) is 9.59 Å². The number of carbonyl (C=O) groups excluding carboxylic acids is 1. The maximum absolute atomic E-state index is 12.7. The van der Waals surface area contributed by atoms with Gasteiger partial charge in [0.15, 0.2) is 0 Å². The van der Waals surface area contributed by atoms with Crippen molar-refractivity contribution in [1.82, 2.24) is 20.1 Å². The Kier molecular flexibility index (Phi) is 5.99. The molecule has 0 spiro atoms. The SMILES string of the molecule is CCCNC(=O)c1sc(-n2[nH]c(C)c(CCC(C)C)c2=O)nc1C. The largest absolute Gasteiger partial charge is 0.351 e. The van der Waals surface area contributed by atoms with E-state index in [-0.39, 0.29) is 11.5 Å². The van der Waals surface area contributed by atoms with Gasteiger partial charge in [0, 0.05) is 17.8 Å². The molecule has 0 aliphatic carbocycles. The third kappa shape index (κ3) is 3.95. The predicted molar refractivity (Wildman–Crippen MR) is 97.3 cm³/mol. The van der Waals surface area contributed by atoms with E-state index in [1.54, 1.807) is 6.92 Å². The summed E-state index contributed by atoms with van der Waals surface area (Å²) in [6.45, 7) is 10.6. The van der Waals surface area contributed by atoms with Gasteiger partial charge in [0.05, 0.1) is 5.69 Å². The second-order valence-electron chi connectivity index (χ2n) is 6.46. The fourth-order valence-electron chi connectivity index (χ4n) is 2.45. The molecule has 2 aromatic heterocycles. The van der Waals surface area contributed by atoms with Crippen molar-refractivity contribution in [2.75, 3.05) is 6.54 Å². The van der Waals surface area contributed by atoms with Crippen LogP contribution in [-0.4, -0.2) is 27.2 Å². The van der Waals surface area contributed by atoms with Gasteiger partial charge in [0.1, 0.15) is 4.88 Å². The van der Waals surface area contributed by atoms with Crippen LogP contribution in [0.3, 0.4) is 0 Å². The molecule has 1 amide bonds. The van der Waals surface area contributed by atoms with Crippen LogP contribution in [0.4, 0.5) is 0 Å². The molecule has 6 nitrogen and oxygen atoms in total. The van der Waals surface area contributed by atoms with Crippen molar-refractivity contribution in [3.05, 3.63) is 32.2 Å².